The van der Waals surface area contributed by atoms with Gasteiger partial charge in [0.1, 0.15) is 11.8 Å². The van der Waals surface area contributed by atoms with Crippen LogP contribution in [-0.2, 0) is 0 Å². The minimum Gasteiger partial charge on any atom is -0.504 e. The Morgan fingerprint density at radius 1 is 0.957 bits per heavy atom. The van der Waals surface area contributed by atoms with Gasteiger partial charge in [0.05, 0.1) is 25.2 Å². The zero-order valence-corrected chi connectivity index (χ0v) is 12.5. The smallest absolute Gasteiger partial charge is 0.200 e. The molecule has 0 saturated carbocycles. The molecule has 0 saturated heterocycles. The molecule has 23 heavy (non-hydrogen) atoms. The van der Waals surface area contributed by atoms with Crippen LogP contribution in [0.3, 0.4) is 0 Å². The lowest BCUT2D eigenvalue weighted by Gasteiger charge is -2.09. The molecule has 0 amide bonds. The molecule has 0 bridgehead atoms. The summed E-state index contributed by atoms with van der Waals surface area (Å²) in [6, 6.07) is 7.25. The predicted octanol–water partition coefficient (Wildman–Crippen LogP) is 2.89. The molecule has 0 radical (unpaired) electrons. The van der Waals surface area contributed by atoms with Crippen molar-refractivity contribution >= 4 is 11.0 Å². The Bertz CT molecular complexity index is 942. The lowest BCUT2D eigenvalue weighted by Crippen LogP contribution is -2.05. The molecule has 0 aliphatic carbocycles. The van der Waals surface area contributed by atoms with Crippen molar-refractivity contribution in [3.63, 3.8) is 0 Å². The molecule has 2 N–H and O–H groups in total. The van der Waals surface area contributed by atoms with Gasteiger partial charge in [0.2, 0.25) is 5.43 Å². The molecular weight excluding hydrogens is 300 g/mol. The average Bonchev–Trinajstić information content (AvgIpc) is 2.57. The lowest BCUT2D eigenvalue weighted by atomic mass is 10.0. The van der Waals surface area contributed by atoms with Crippen molar-refractivity contribution in [3.8, 4) is 34.1 Å². The molecule has 2 aromatic carbocycles. The van der Waals surface area contributed by atoms with Gasteiger partial charge in [-0.05, 0) is 23.8 Å². The standard InChI is InChI=1S/C17H14O6/c1-21-15-6-10-14(7-16(15)22-2)23-8-11(17(10)20)9-3-4-12(18)13(19)5-9/h3-8,18-19H,1-2H3. The number of hydrogen-bond acceptors (Lipinski definition) is 6. The van der Waals surface area contributed by atoms with E-state index in [0.29, 0.717) is 28.0 Å². The molecule has 118 valence electrons. The van der Waals surface area contributed by atoms with Gasteiger partial charge in [-0.15, -0.1) is 0 Å². The van der Waals surface area contributed by atoms with E-state index < -0.39 is 0 Å². The Hall–Kier alpha value is -3.15. The van der Waals surface area contributed by atoms with Gasteiger partial charge in [-0.2, -0.15) is 0 Å². The van der Waals surface area contributed by atoms with Gasteiger partial charge >= 0.3 is 0 Å². The minimum absolute atomic E-state index is 0.259. The summed E-state index contributed by atoms with van der Waals surface area (Å²) >= 11 is 0. The number of ether oxygens (including phenoxy) is 2. The molecule has 0 aliphatic rings. The van der Waals surface area contributed by atoms with Crippen LogP contribution in [0.15, 0.2) is 45.8 Å². The van der Waals surface area contributed by atoms with E-state index >= 15 is 0 Å². The topological polar surface area (TPSA) is 89.1 Å². The number of phenols is 2. The predicted molar refractivity (Wildman–Crippen MR) is 84.4 cm³/mol. The maximum atomic E-state index is 12.7. The number of hydrogen-bond donors (Lipinski definition) is 2. The Morgan fingerprint density at radius 2 is 1.65 bits per heavy atom. The summed E-state index contributed by atoms with van der Waals surface area (Å²) in [6.45, 7) is 0. The summed E-state index contributed by atoms with van der Waals surface area (Å²) in [4.78, 5) is 12.7. The fraction of sp³-hybridized carbons (Fsp3) is 0.118. The van der Waals surface area contributed by atoms with E-state index in [9.17, 15) is 15.0 Å². The van der Waals surface area contributed by atoms with Gasteiger partial charge in [-0.1, -0.05) is 6.07 Å². The summed E-state index contributed by atoms with van der Waals surface area (Å²) in [5.41, 5.74) is 0.780. The summed E-state index contributed by atoms with van der Waals surface area (Å²) in [5, 5.41) is 19.3. The van der Waals surface area contributed by atoms with Gasteiger partial charge < -0.3 is 24.1 Å². The monoisotopic (exact) mass is 314 g/mol. The van der Waals surface area contributed by atoms with Crippen molar-refractivity contribution in [2.24, 2.45) is 0 Å². The van der Waals surface area contributed by atoms with E-state index in [4.69, 9.17) is 13.9 Å². The number of rotatable bonds is 3. The van der Waals surface area contributed by atoms with Crippen molar-refractivity contribution < 1.29 is 24.1 Å². The number of phenolic OH excluding ortho intramolecular Hbond substituents is 2. The molecular formula is C17H14O6. The SMILES string of the molecule is COc1cc2occ(-c3ccc(O)c(O)c3)c(=O)c2cc1OC. The Morgan fingerprint density at radius 3 is 2.30 bits per heavy atom. The van der Waals surface area contributed by atoms with Crippen LogP contribution in [0.1, 0.15) is 0 Å². The molecule has 6 heteroatoms. The molecule has 1 heterocycles. The highest BCUT2D eigenvalue weighted by molar-refractivity contribution is 5.85. The van der Waals surface area contributed by atoms with E-state index in [2.05, 4.69) is 0 Å². The summed E-state index contributed by atoms with van der Waals surface area (Å²) in [6.07, 6.45) is 1.31. The largest absolute Gasteiger partial charge is 0.504 e. The molecule has 0 fully saturated rings. The van der Waals surface area contributed by atoms with Gasteiger partial charge in [0.15, 0.2) is 23.0 Å². The van der Waals surface area contributed by atoms with Crippen LogP contribution in [0.5, 0.6) is 23.0 Å². The number of aromatic hydroxyl groups is 2. The third-order valence-corrected chi connectivity index (χ3v) is 3.57. The van der Waals surface area contributed by atoms with Crippen LogP contribution in [0.2, 0.25) is 0 Å². The van der Waals surface area contributed by atoms with Crippen LogP contribution in [-0.4, -0.2) is 24.4 Å². The van der Waals surface area contributed by atoms with Gasteiger partial charge in [0.25, 0.3) is 0 Å². The first kappa shape index (κ1) is 14.8. The molecule has 3 aromatic rings. The first-order chi connectivity index (χ1) is 11.0. The van der Waals surface area contributed by atoms with Gasteiger partial charge in [-0.25, -0.2) is 0 Å². The number of methoxy groups -OCH3 is 2. The third-order valence-electron chi connectivity index (χ3n) is 3.57. The summed E-state index contributed by atoms with van der Waals surface area (Å²) in [5.74, 6) is 0.302. The van der Waals surface area contributed by atoms with E-state index in [-0.39, 0.29) is 22.5 Å². The fourth-order valence-corrected chi connectivity index (χ4v) is 2.35. The van der Waals surface area contributed by atoms with Crippen molar-refractivity contribution in [1.29, 1.82) is 0 Å². The zero-order valence-electron chi connectivity index (χ0n) is 12.5. The molecule has 1 aromatic heterocycles. The Labute approximate surface area is 131 Å². The van der Waals surface area contributed by atoms with Crippen LogP contribution < -0.4 is 14.9 Å². The second kappa shape index (κ2) is 5.57. The highest BCUT2D eigenvalue weighted by atomic mass is 16.5. The fourth-order valence-electron chi connectivity index (χ4n) is 2.35. The molecule has 0 spiro atoms. The second-order valence-corrected chi connectivity index (χ2v) is 4.89. The van der Waals surface area contributed by atoms with E-state index in [1.807, 2.05) is 0 Å². The normalized spacial score (nSPS) is 10.7. The van der Waals surface area contributed by atoms with E-state index in [0.717, 1.165) is 0 Å². The number of benzene rings is 2. The van der Waals surface area contributed by atoms with Crippen molar-refractivity contribution in [2.45, 2.75) is 0 Å². The van der Waals surface area contributed by atoms with Gasteiger partial charge in [-0.3, -0.25) is 4.79 Å². The van der Waals surface area contributed by atoms with Crippen molar-refractivity contribution in [1.82, 2.24) is 0 Å². The minimum atomic E-state index is -0.311. The Kier molecular flexibility index (Phi) is 3.57. The quantitative estimate of drug-likeness (QED) is 0.723. The van der Waals surface area contributed by atoms with Gasteiger partial charge in [0, 0.05) is 6.07 Å². The maximum absolute atomic E-state index is 12.7. The zero-order chi connectivity index (χ0) is 16.6. The highest BCUT2D eigenvalue weighted by Gasteiger charge is 2.14. The van der Waals surface area contributed by atoms with Crippen molar-refractivity contribution in [2.75, 3.05) is 14.2 Å². The molecule has 6 nitrogen and oxygen atoms in total. The van der Waals surface area contributed by atoms with Crippen molar-refractivity contribution in [3.05, 3.63) is 46.8 Å². The molecule has 0 aliphatic heterocycles. The Balaban J connectivity index is 2.26. The first-order valence-corrected chi connectivity index (χ1v) is 6.75. The molecule has 3 rings (SSSR count). The number of fused-ring (bicyclic) bond motifs is 1. The van der Waals surface area contributed by atoms with Crippen LogP contribution in [0, 0.1) is 0 Å². The molecule has 0 atom stereocenters. The van der Waals surface area contributed by atoms with Crippen LogP contribution in [0.25, 0.3) is 22.1 Å². The van der Waals surface area contributed by atoms with E-state index in [1.165, 1.54) is 38.7 Å². The second-order valence-electron chi connectivity index (χ2n) is 4.89. The van der Waals surface area contributed by atoms with E-state index in [1.54, 1.807) is 12.1 Å². The summed E-state index contributed by atoms with van der Waals surface area (Å²) < 4.78 is 15.9. The first-order valence-electron chi connectivity index (χ1n) is 6.75. The highest BCUT2D eigenvalue weighted by Crippen LogP contribution is 2.33. The van der Waals surface area contributed by atoms with Crippen LogP contribution >= 0.6 is 0 Å². The maximum Gasteiger partial charge on any atom is 0.200 e. The third kappa shape index (κ3) is 2.44. The summed E-state index contributed by atoms with van der Waals surface area (Å²) in [7, 11) is 2.97. The molecule has 0 unspecified atom stereocenters. The lowest BCUT2D eigenvalue weighted by molar-refractivity contribution is 0.355. The average molecular weight is 314 g/mol. The van der Waals surface area contributed by atoms with Crippen LogP contribution in [0.4, 0.5) is 0 Å².